The lowest BCUT2D eigenvalue weighted by molar-refractivity contribution is 0.156. The van der Waals surface area contributed by atoms with Gasteiger partial charge in [-0.1, -0.05) is 32.9 Å². The Labute approximate surface area is 166 Å². The van der Waals surface area contributed by atoms with Gasteiger partial charge in [0.15, 0.2) is 9.84 Å². The normalized spacial score (nSPS) is 20.9. The molecule has 1 aliphatic rings. The van der Waals surface area contributed by atoms with Crippen LogP contribution < -0.4 is 0 Å². The van der Waals surface area contributed by atoms with Gasteiger partial charge in [-0.15, -0.1) is 0 Å². The molecule has 2 aromatic carbocycles. The zero-order valence-electron chi connectivity index (χ0n) is 16.7. The van der Waals surface area contributed by atoms with E-state index in [0.717, 1.165) is 31.7 Å². The summed E-state index contributed by atoms with van der Waals surface area (Å²) in [6, 6.07) is 9.59. The summed E-state index contributed by atoms with van der Waals surface area (Å²) in [5.41, 5.74) is 1.06. The second-order valence-electron chi connectivity index (χ2n) is 9.01. The van der Waals surface area contributed by atoms with E-state index in [-0.39, 0.29) is 27.5 Å². The topological polar surface area (TPSA) is 34.1 Å². The SMILES string of the molecule is CC(C)(C)C1CCC(CS(=O)(=O)c2ccc(-c3ccc(F)cc3F)cc2)CC1. The van der Waals surface area contributed by atoms with Crippen molar-refractivity contribution in [3.05, 3.63) is 54.1 Å². The minimum atomic E-state index is -3.38. The van der Waals surface area contributed by atoms with E-state index >= 15 is 0 Å². The number of rotatable bonds is 4. The quantitative estimate of drug-likeness (QED) is 0.601. The molecular formula is C23H28F2O2S. The first-order valence-corrected chi connectivity index (χ1v) is 11.5. The van der Waals surface area contributed by atoms with Crippen LogP contribution >= 0.6 is 0 Å². The summed E-state index contributed by atoms with van der Waals surface area (Å²) in [6.07, 6.45) is 4.04. The second kappa shape index (κ2) is 7.94. The van der Waals surface area contributed by atoms with Gasteiger partial charge in [-0.05, 0) is 72.8 Å². The molecule has 0 atom stereocenters. The Bertz CT molecular complexity index is 920. The third-order valence-corrected chi connectivity index (χ3v) is 7.88. The molecule has 0 bridgehead atoms. The molecule has 28 heavy (non-hydrogen) atoms. The summed E-state index contributed by atoms with van der Waals surface area (Å²) < 4.78 is 52.6. The smallest absolute Gasteiger partial charge is 0.178 e. The minimum absolute atomic E-state index is 0.161. The van der Waals surface area contributed by atoms with Crippen molar-refractivity contribution in [1.29, 1.82) is 0 Å². The maximum Gasteiger partial charge on any atom is 0.178 e. The fraction of sp³-hybridized carbons (Fsp3) is 0.478. The van der Waals surface area contributed by atoms with E-state index in [9.17, 15) is 17.2 Å². The monoisotopic (exact) mass is 406 g/mol. The standard InChI is InChI=1S/C23H28F2O2S/c1-23(2,3)18-8-4-16(5-9-18)15-28(26,27)20-11-6-17(7-12-20)21-13-10-19(24)14-22(21)25/h6-7,10-14,16,18H,4-5,8-9,15H2,1-3H3. The van der Waals surface area contributed by atoms with Gasteiger partial charge in [0, 0.05) is 11.6 Å². The van der Waals surface area contributed by atoms with Crippen molar-refractivity contribution in [1.82, 2.24) is 0 Å². The van der Waals surface area contributed by atoms with Crippen LogP contribution in [0, 0.1) is 28.9 Å². The molecule has 2 aromatic rings. The Morgan fingerprint density at radius 3 is 2.07 bits per heavy atom. The molecule has 1 fully saturated rings. The van der Waals surface area contributed by atoms with Crippen LogP contribution in [-0.2, 0) is 9.84 Å². The summed E-state index contributed by atoms with van der Waals surface area (Å²) >= 11 is 0. The highest BCUT2D eigenvalue weighted by molar-refractivity contribution is 7.91. The van der Waals surface area contributed by atoms with E-state index in [2.05, 4.69) is 20.8 Å². The predicted octanol–water partition coefficient (Wildman–Crippen LogP) is 6.26. The summed E-state index contributed by atoms with van der Waals surface area (Å²) in [5.74, 6) is -0.296. The van der Waals surface area contributed by atoms with Crippen molar-refractivity contribution in [2.75, 3.05) is 5.75 Å². The van der Waals surface area contributed by atoms with Gasteiger partial charge in [0.2, 0.25) is 0 Å². The molecule has 0 aromatic heterocycles. The van der Waals surface area contributed by atoms with Crippen LogP contribution in [0.4, 0.5) is 8.78 Å². The molecule has 3 rings (SSSR count). The molecule has 0 amide bonds. The lowest BCUT2D eigenvalue weighted by Crippen LogP contribution is -2.28. The zero-order valence-corrected chi connectivity index (χ0v) is 17.5. The van der Waals surface area contributed by atoms with Gasteiger partial charge in [-0.2, -0.15) is 0 Å². The van der Waals surface area contributed by atoms with Gasteiger partial charge < -0.3 is 0 Å². The molecular weight excluding hydrogens is 378 g/mol. The van der Waals surface area contributed by atoms with Crippen LogP contribution in [0.25, 0.3) is 11.1 Å². The molecule has 0 unspecified atom stereocenters. The Kier molecular flexibility index (Phi) is 5.95. The molecule has 152 valence electrons. The number of hydrogen-bond acceptors (Lipinski definition) is 2. The van der Waals surface area contributed by atoms with E-state index in [1.54, 1.807) is 12.1 Å². The third kappa shape index (κ3) is 4.80. The van der Waals surface area contributed by atoms with Gasteiger partial charge in [0.25, 0.3) is 0 Å². The molecule has 0 radical (unpaired) electrons. The van der Waals surface area contributed by atoms with Crippen molar-refractivity contribution in [3.63, 3.8) is 0 Å². The summed E-state index contributed by atoms with van der Waals surface area (Å²) in [6.45, 7) is 6.75. The van der Waals surface area contributed by atoms with Crippen LogP contribution in [0.2, 0.25) is 0 Å². The largest absolute Gasteiger partial charge is 0.224 e. The summed E-state index contributed by atoms with van der Waals surface area (Å²) in [7, 11) is -3.38. The maximum absolute atomic E-state index is 13.9. The summed E-state index contributed by atoms with van der Waals surface area (Å²) in [5, 5.41) is 0. The highest BCUT2D eigenvalue weighted by Crippen LogP contribution is 2.40. The van der Waals surface area contributed by atoms with Crippen molar-refractivity contribution in [2.45, 2.75) is 51.3 Å². The maximum atomic E-state index is 13.9. The van der Waals surface area contributed by atoms with Gasteiger partial charge in [-0.25, -0.2) is 17.2 Å². The number of halogens is 2. The zero-order chi connectivity index (χ0) is 20.5. The van der Waals surface area contributed by atoms with E-state index in [4.69, 9.17) is 0 Å². The molecule has 0 saturated heterocycles. The lowest BCUT2D eigenvalue weighted by atomic mass is 9.70. The molecule has 1 aliphatic carbocycles. The van der Waals surface area contributed by atoms with Gasteiger partial charge in [0.05, 0.1) is 10.6 Å². The van der Waals surface area contributed by atoms with Crippen LogP contribution in [0.15, 0.2) is 47.4 Å². The van der Waals surface area contributed by atoms with E-state index in [1.807, 2.05) is 0 Å². The molecule has 5 heteroatoms. The first-order valence-electron chi connectivity index (χ1n) is 9.84. The number of sulfone groups is 1. The molecule has 1 saturated carbocycles. The molecule has 0 N–H and O–H groups in total. The average molecular weight is 407 g/mol. The molecule has 0 spiro atoms. The van der Waals surface area contributed by atoms with Crippen LogP contribution in [0.5, 0.6) is 0 Å². The van der Waals surface area contributed by atoms with Crippen molar-refractivity contribution in [2.24, 2.45) is 17.3 Å². The Hall–Kier alpha value is -1.75. The van der Waals surface area contributed by atoms with Crippen molar-refractivity contribution < 1.29 is 17.2 Å². The van der Waals surface area contributed by atoms with Crippen LogP contribution in [0.1, 0.15) is 46.5 Å². The van der Waals surface area contributed by atoms with Gasteiger partial charge in [0.1, 0.15) is 11.6 Å². The Morgan fingerprint density at radius 2 is 1.54 bits per heavy atom. The lowest BCUT2D eigenvalue weighted by Gasteiger charge is -2.36. The first-order chi connectivity index (χ1) is 13.1. The van der Waals surface area contributed by atoms with Crippen molar-refractivity contribution in [3.8, 4) is 11.1 Å². The van der Waals surface area contributed by atoms with Gasteiger partial charge in [-0.3, -0.25) is 0 Å². The third-order valence-electron chi connectivity index (χ3n) is 5.98. The fourth-order valence-corrected chi connectivity index (χ4v) is 5.86. The second-order valence-corrected chi connectivity index (χ2v) is 11.0. The highest BCUT2D eigenvalue weighted by Gasteiger charge is 2.31. The molecule has 0 aliphatic heterocycles. The van der Waals surface area contributed by atoms with Crippen molar-refractivity contribution >= 4 is 9.84 Å². The van der Waals surface area contributed by atoms with E-state index in [0.29, 0.717) is 11.5 Å². The summed E-state index contributed by atoms with van der Waals surface area (Å²) in [4.78, 5) is 0.261. The Balaban J connectivity index is 1.69. The van der Waals surface area contributed by atoms with E-state index in [1.165, 1.54) is 24.3 Å². The van der Waals surface area contributed by atoms with Crippen LogP contribution in [-0.4, -0.2) is 14.2 Å². The van der Waals surface area contributed by atoms with E-state index < -0.39 is 21.5 Å². The highest BCUT2D eigenvalue weighted by atomic mass is 32.2. The fourth-order valence-electron chi connectivity index (χ4n) is 4.17. The first kappa shape index (κ1) is 21.0. The predicted molar refractivity (Wildman–Crippen MR) is 109 cm³/mol. The Morgan fingerprint density at radius 1 is 0.929 bits per heavy atom. The number of benzene rings is 2. The molecule has 0 heterocycles. The molecule has 2 nitrogen and oxygen atoms in total. The minimum Gasteiger partial charge on any atom is -0.224 e. The van der Waals surface area contributed by atoms with Crippen LogP contribution in [0.3, 0.4) is 0 Å². The number of hydrogen-bond donors (Lipinski definition) is 0. The van der Waals surface area contributed by atoms with Gasteiger partial charge >= 0.3 is 0 Å². The average Bonchev–Trinajstić information content (AvgIpc) is 2.61.